The van der Waals surface area contributed by atoms with Crippen molar-refractivity contribution in [2.75, 3.05) is 18.5 Å². The van der Waals surface area contributed by atoms with E-state index in [0.29, 0.717) is 35.1 Å². The molecule has 1 fully saturated rings. The van der Waals surface area contributed by atoms with Crippen molar-refractivity contribution in [3.05, 3.63) is 59.4 Å². The van der Waals surface area contributed by atoms with Crippen LogP contribution in [0.1, 0.15) is 54.4 Å². The lowest BCUT2D eigenvalue weighted by Gasteiger charge is -2.13. The smallest absolute Gasteiger partial charge is 0.260 e. The number of ether oxygens (including phenoxy) is 2. The number of carbonyl (C=O) groups is 1. The number of aromatic nitrogens is 2. The maximum atomic E-state index is 12.9. The SMILES string of the molecule is Cc1cccc(-c2nc(C(C)C)no2)c1NC(=O)c1ccc(OCC2CCCO2)cc1. The summed E-state index contributed by atoms with van der Waals surface area (Å²) in [5, 5.41) is 7.03. The van der Waals surface area contributed by atoms with Gasteiger partial charge in [-0.2, -0.15) is 4.98 Å². The Morgan fingerprint density at radius 1 is 1.23 bits per heavy atom. The van der Waals surface area contributed by atoms with E-state index in [2.05, 4.69) is 15.5 Å². The highest BCUT2D eigenvalue weighted by molar-refractivity contribution is 6.06. The number of aryl methyl sites for hydroxylation is 1. The van der Waals surface area contributed by atoms with Crippen molar-refractivity contribution in [2.45, 2.75) is 45.6 Å². The maximum absolute atomic E-state index is 12.9. The summed E-state index contributed by atoms with van der Waals surface area (Å²) in [5.41, 5.74) is 2.80. The van der Waals surface area contributed by atoms with Crippen LogP contribution >= 0.6 is 0 Å². The van der Waals surface area contributed by atoms with Crippen molar-refractivity contribution in [1.82, 2.24) is 10.1 Å². The van der Waals surface area contributed by atoms with Gasteiger partial charge in [-0.15, -0.1) is 0 Å². The molecule has 1 atom stereocenters. The van der Waals surface area contributed by atoms with Gasteiger partial charge in [-0.05, 0) is 55.7 Å². The summed E-state index contributed by atoms with van der Waals surface area (Å²) < 4.78 is 16.8. The van der Waals surface area contributed by atoms with Gasteiger partial charge in [0.2, 0.25) is 0 Å². The predicted molar refractivity (Wildman–Crippen MR) is 117 cm³/mol. The molecule has 0 radical (unpaired) electrons. The number of nitrogens with zero attached hydrogens (tertiary/aromatic N) is 2. The molecule has 1 aromatic heterocycles. The second-order valence-corrected chi connectivity index (χ2v) is 8.03. The van der Waals surface area contributed by atoms with Gasteiger partial charge in [0.1, 0.15) is 12.4 Å². The Balaban J connectivity index is 1.47. The Bertz CT molecular complexity index is 1040. The van der Waals surface area contributed by atoms with Crippen molar-refractivity contribution >= 4 is 11.6 Å². The van der Waals surface area contributed by atoms with Gasteiger partial charge in [-0.25, -0.2) is 0 Å². The molecule has 0 bridgehead atoms. The average Bonchev–Trinajstić information content (AvgIpc) is 3.46. The first-order valence-corrected chi connectivity index (χ1v) is 10.6. The van der Waals surface area contributed by atoms with Gasteiger partial charge in [-0.1, -0.05) is 31.1 Å². The lowest BCUT2D eigenvalue weighted by atomic mass is 10.1. The zero-order valence-corrected chi connectivity index (χ0v) is 18.1. The Morgan fingerprint density at radius 3 is 2.71 bits per heavy atom. The first-order chi connectivity index (χ1) is 15.0. The van der Waals surface area contributed by atoms with E-state index in [1.54, 1.807) is 24.3 Å². The van der Waals surface area contributed by atoms with E-state index < -0.39 is 0 Å². The third kappa shape index (κ3) is 4.94. The van der Waals surface area contributed by atoms with Gasteiger partial charge in [-0.3, -0.25) is 4.79 Å². The molecule has 162 valence electrons. The highest BCUT2D eigenvalue weighted by atomic mass is 16.5. The van der Waals surface area contributed by atoms with Crippen molar-refractivity contribution in [2.24, 2.45) is 0 Å². The summed E-state index contributed by atoms with van der Waals surface area (Å²) in [6, 6.07) is 12.8. The van der Waals surface area contributed by atoms with E-state index >= 15 is 0 Å². The molecule has 3 aromatic rings. The Labute approximate surface area is 181 Å². The Kier molecular flexibility index (Phi) is 6.32. The van der Waals surface area contributed by atoms with Gasteiger partial charge < -0.3 is 19.3 Å². The number of carbonyl (C=O) groups excluding carboxylic acids is 1. The van der Waals surface area contributed by atoms with E-state index in [0.717, 1.165) is 30.8 Å². The number of anilines is 1. The fourth-order valence-electron chi connectivity index (χ4n) is 3.44. The minimum absolute atomic E-state index is 0.154. The number of hydrogen-bond acceptors (Lipinski definition) is 6. The third-order valence-electron chi connectivity index (χ3n) is 5.28. The molecule has 4 rings (SSSR count). The molecule has 2 heterocycles. The van der Waals surface area contributed by atoms with E-state index in [1.165, 1.54) is 0 Å². The second-order valence-electron chi connectivity index (χ2n) is 8.03. The number of hydrogen-bond donors (Lipinski definition) is 1. The van der Waals surface area contributed by atoms with E-state index in [-0.39, 0.29) is 17.9 Å². The van der Waals surface area contributed by atoms with Crippen LogP contribution in [-0.2, 0) is 4.74 Å². The zero-order chi connectivity index (χ0) is 21.8. The average molecular weight is 421 g/mol. The number of para-hydroxylation sites is 1. The molecular formula is C24H27N3O4. The largest absolute Gasteiger partial charge is 0.491 e. The fraction of sp³-hybridized carbons (Fsp3) is 0.375. The van der Waals surface area contributed by atoms with Gasteiger partial charge in [0.25, 0.3) is 11.8 Å². The van der Waals surface area contributed by atoms with Crippen LogP contribution in [0.2, 0.25) is 0 Å². The quantitative estimate of drug-likeness (QED) is 0.579. The summed E-state index contributed by atoms with van der Waals surface area (Å²) in [6.45, 7) is 7.27. The molecule has 31 heavy (non-hydrogen) atoms. The first-order valence-electron chi connectivity index (χ1n) is 10.6. The van der Waals surface area contributed by atoms with Gasteiger partial charge >= 0.3 is 0 Å². The van der Waals surface area contributed by atoms with E-state index in [9.17, 15) is 4.79 Å². The van der Waals surface area contributed by atoms with Crippen molar-refractivity contribution in [3.63, 3.8) is 0 Å². The molecule has 1 aliphatic rings. The number of benzene rings is 2. The molecule has 0 saturated carbocycles. The normalized spacial score (nSPS) is 15.9. The number of rotatable bonds is 7. The van der Waals surface area contributed by atoms with Crippen LogP contribution in [0, 0.1) is 6.92 Å². The Hall–Kier alpha value is -3.19. The van der Waals surface area contributed by atoms with Gasteiger partial charge in [0.15, 0.2) is 5.82 Å². The van der Waals surface area contributed by atoms with Crippen LogP contribution in [-0.4, -0.2) is 35.4 Å². The second kappa shape index (κ2) is 9.31. The molecule has 1 aliphatic heterocycles. The lowest BCUT2D eigenvalue weighted by Crippen LogP contribution is -2.16. The summed E-state index contributed by atoms with van der Waals surface area (Å²) in [5.74, 6) is 1.68. The van der Waals surface area contributed by atoms with Crippen LogP contribution in [0.3, 0.4) is 0 Å². The van der Waals surface area contributed by atoms with Crippen LogP contribution in [0.25, 0.3) is 11.5 Å². The zero-order valence-electron chi connectivity index (χ0n) is 18.1. The van der Waals surface area contributed by atoms with Gasteiger partial charge in [0.05, 0.1) is 17.4 Å². The van der Waals surface area contributed by atoms with Crippen LogP contribution < -0.4 is 10.1 Å². The lowest BCUT2D eigenvalue weighted by molar-refractivity contribution is 0.0679. The van der Waals surface area contributed by atoms with Crippen molar-refractivity contribution in [3.8, 4) is 17.2 Å². The highest BCUT2D eigenvalue weighted by Gasteiger charge is 2.19. The number of nitrogens with one attached hydrogen (secondary N) is 1. The minimum atomic E-state index is -0.218. The fourth-order valence-corrected chi connectivity index (χ4v) is 3.44. The summed E-state index contributed by atoms with van der Waals surface area (Å²) >= 11 is 0. The van der Waals surface area contributed by atoms with Crippen LogP contribution in [0.15, 0.2) is 47.0 Å². The minimum Gasteiger partial charge on any atom is -0.491 e. The third-order valence-corrected chi connectivity index (χ3v) is 5.28. The Morgan fingerprint density at radius 2 is 2.03 bits per heavy atom. The van der Waals surface area contributed by atoms with Crippen molar-refractivity contribution < 1.29 is 18.8 Å². The topological polar surface area (TPSA) is 86.5 Å². The van der Waals surface area contributed by atoms with Gasteiger partial charge in [0, 0.05) is 18.1 Å². The molecule has 7 nitrogen and oxygen atoms in total. The molecular weight excluding hydrogens is 394 g/mol. The molecule has 1 saturated heterocycles. The highest BCUT2D eigenvalue weighted by Crippen LogP contribution is 2.31. The number of amides is 1. The van der Waals surface area contributed by atoms with Crippen molar-refractivity contribution in [1.29, 1.82) is 0 Å². The maximum Gasteiger partial charge on any atom is 0.260 e. The monoisotopic (exact) mass is 421 g/mol. The standard InChI is InChI=1S/C24H27N3O4/c1-15(2)22-26-24(31-27-22)20-8-4-6-16(3)21(20)25-23(28)17-9-11-18(12-10-17)30-14-19-7-5-13-29-19/h4,6,8-12,15,19H,5,7,13-14H2,1-3H3,(H,25,28). The molecule has 0 aliphatic carbocycles. The van der Waals surface area contributed by atoms with Crippen LogP contribution in [0.5, 0.6) is 5.75 Å². The summed E-state index contributed by atoms with van der Waals surface area (Å²) in [7, 11) is 0. The van der Waals surface area contributed by atoms with E-state index in [4.69, 9.17) is 14.0 Å². The summed E-state index contributed by atoms with van der Waals surface area (Å²) in [4.78, 5) is 17.4. The van der Waals surface area contributed by atoms with E-state index in [1.807, 2.05) is 39.0 Å². The van der Waals surface area contributed by atoms with Crippen LogP contribution in [0.4, 0.5) is 5.69 Å². The summed E-state index contributed by atoms with van der Waals surface area (Å²) in [6.07, 6.45) is 2.26. The predicted octanol–water partition coefficient (Wildman–Crippen LogP) is 4.98. The molecule has 0 spiro atoms. The molecule has 1 amide bonds. The first kappa shape index (κ1) is 21.1. The molecule has 7 heteroatoms. The molecule has 1 unspecified atom stereocenters. The molecule has 2 aromatic carbocycles. The molecule has 1 N–H and O–H groups in total.